The van der Waals surface area contributed by atoms with Gasteiger partial charge in [0.1, 0.15) is 10.7 Å². The second-order valence-corrected chi connectivity index (χ2v) is 5.03. The molecule has 1 aliphatic rings. The lowest BCUT2D eigenvalue weighted by molar-refractivity contribution is 0.865. The largest absolute Gasteiger partial charge is 0.272 e. The Morgan fingerprint density at radius 1 is 1.62 bits per heavy atom. The summed E-state index contributed by atoms with van der Waals surface area (Å²) < 4.78 is 0. The van der Waals surface area contributed by atoms with Crippen LogP contribution in [0, 0.1) is 0 Å². The van der Waals surface area contributed by atoms with Gasteiger partial charge in [0, 0.05) is 11.1 Å². The second-order valence-electron chi connectivity index (χ2n) is 3.07. The van der Waals surface area contributed by atoms with Crippen molar-refractivity contribution in [3.8, 4) is 0 Å². The summed E-state index contributed by atoms with van der Waals surface area (Å²) in [4.78, 5) is 9.04. The minimum Gasteiger partial charge on any atom is -0.272 e. The first-order valence-corrected chi connectivity index (χ1v) is 6.31. The molecule has 1 aliphatic heterocycles. The zero-order valence-electron chi connectivity index (χ0n) is 7.78. The Bertz CT molecular complexity index is 330. The Kier molecular flexibility index (Phi) is 2.69. The number of thioether (sulfide) groups is 1. The summed E-state index contributed by atoms with van der Waals surface area (Å²) in [5.41, 5.74) is 1.08. The molecule has 1 atom stereocenters. The zero-order chi connectivity index (χ0) is 9.26. The molecule has 2 heterocycles. The third-order valence-corrected chi connectivity index (χ3v) is 4.10. The maximum absolute atomic E-state index is 4.53. The molecule has 0 unspecified atom stereocenters. The molecule has 0 spiro atoms. The highest BCUT2D eigenvalue weighted by atomic mass is 32.2. The molecular weight excluding hydrogens is 200 g/mol. The van der Waals surface area contributed by atoms with Crippen molar-refractivity contribution in [2.75, 3.05) is 5.75 Å². The predicted octanol–water partition coefficient (Wildman–Crippen LogP) is 2.59. The molecule has 70 valence electrons. The fraction of sp³-hybridized carbons (Fsp3) is 0.556. The lowest BCUT2D eigenvalue weighted by atomic mass is 10.4. The van der Waals surface area contributed by atoms with E-state index in [1.165, 1.54) is 5.01 Å². The molecule has 0 aliphatic carbocycles. The fourth-order valence-corrected chi connectivity index (χ4v) is 2.97. The SMILES string of the molecule is CCc1nc(C2=N[C@@H](C)CS2)cs1. The molecule has 0 saturated carbocycles. The number of hydrogen-bond donors (Lipinski definition) is 0. The number of rotatable bonds is 2. The van der Waals surface area contributed by atoms with Crippen LogP contribution in [0.25, 0.3) is 0 Å². The van der Waals surface area contributed by atoms with Gasteiger partial charge < -0.3 is 0 Å². The molecular formula is C9H12N2S2. The van der Waals surface area contributed by atoms with Gasteiger partial charge in [-0.15, -0.1) is 23.1 Å². The average Bonchev–Trinajstić information content (AvgIpc) is 2.71. The molecule has 1 aromatic heterocycles. The van der Waals surface area contributed by atoms with Gasteiger partial charge >= 0.3 is 0 Å². The first kappa shape index (κ1) is 9.21. The van der Waals surface area contributed by atoms with Crippen molar-refractivity contribution < 1.29 is 0 Å². The highest BCUT2D eigenvalue weighted by molar-refractivity contribution is 8.14. The van der Waals surface area contributed by atoms with Gasteiger partial charge in [0.05, 0.1) is 11.0 Å². The molecule has 13 heavy (non-hydrogen) atoms. The van der Waals surface area contributed by atoms with E-state index in [1.54, 1.807) is 11.3 Å². The first-order valence-electron chi connectivity index (χ1n) is 4.45. The zero-order valence-corrected chi connectivity index (χ0v) is 9.41. The molecule has 0 N–H and O–H groups in total. The van der Waals surface area contributed by atoms with Crippen molar-refractivity contribution in [1.82, 2.24) is 4.98 Å². The smallest absolute Gasteiger partial charge is 0.117 e. The van der Waals surface area contributed by atoms with Crippen molar-refractivity contribution >= 4 is 28.1 Å². The van der Waals surface area contributed by atoms with Crippen molar-refractivity contribution in [2.24, 2.45) is 4.99 Å². The minimum atomic E-state index is 0.465. The number of thiazole rings is 1. The molecule has 0 saturated heterocycles. The Labute approximate surface area is 86.5 Å². The quantitative estimate of drug-likeness (QED) is 0.753. The average molecular weight is 212 g/mol. The molecule has 0 bridgehead atoms. The maximum Gasteiger partial charge on any atom is 0.117 e. The van der Waals surface area contributed by atoms with Crippen LogP contribution >= 0.6 is 23.1 Å². The van der Waals surface area contributed by atoms with Crippen LogP contribution in [0.5, 0.6) is 0 Å². The van der Waals surface area contributed by atoms with Gasteiger partial charge in [-0.25, -0.2) is 4.98 Å². The van der Waals surface area contributed by atoms with Crippen LogP contribution in [-0.4, -0.2) is 21.8 Å². The van der Waals surface area contributed by atoms with Crippen LogP contribution in [-0.2, 0) is 6.42 Å². The van der Waals surface area contributed by atoms with Crippen molar-refractivity contribution in [2.45, 2.75) is 26.3 Å². The standard InChI is InChI=1S/C9H12N2S2/c1-3-8-11-7(5-12-8)9-10-6(2)4-13-9/h5-6H,3-4H2,1-2H3/t6-/m0/s1. The molecule has 0 radical (unpaired) electrons. The monoisotopic (exact) mass is 212 g/mol. The van der Waals surface area contributed by atoms with E-state index in [2.05, 4.69) is 29.2 Å². The van der Waals surface area contributed by atoms with Crippen LogP contribution in [0.1, 0.15) is 24.5 Å². The van der Waals surface area contributed by atoms with Crippen LogP contribution in [0.15, 0.2) is 10.4 Å². The highest BCUT2D eigenvalue weighted by Gasteiger charge is 2.17. The van der Waals surface area contributed by atoms with E-state index in [0.717, 1.165) is 22.9 Å². The molecule has 0 fully saturated rings. The molecule has 0 aromatic carbocycles. The van der Waals surface area contributed by atoms with E-state index in [9.17, 15) is 0 Å². The van der Waals surface area contributed by atoms with Crippen molar-refractivity contribution in [1.29, 1.82) is 0 Å². The molecule has 1 aromatic rings. The predicted molar refractivity (Wildman–Crippen MR) is 59.9 cm³/mol. The van der Waals surface area contributed by atoms with E-state index in [-0.39, 0.29) is 0 Å². The fourth-order valence-electron chi connectivity index (χ4n) is 1.19. The molecule has 4 heteroatoms. The van der Waals surface area contributed by atoms with Gasteiger partial charge in [0.2, 0.25) is 0 Å². The highest BCUT2D eigenvalue weighted by Crippen LogP contribution is 2.24. The second kappa shape index (κ2) is 3.80. The number of aromatic nitrogens is 1. The molecule has 2 rings (SSSR count). The minimum absolute atomic E-state index is 0.465. The van der Waals surface area contributed by atoms with Gasteiger partial charge in [-0.2, -0.15) is 0 Å². The van der Waals surface area contributed by atoms with Crippen LogP contribution in [0.4, 0.5) is 0 Å². The topological polar surface area (TPSA) is 25.2 Å². The van der Waals surface area contributed by atoms with E-state index in [4.69, 9.17) is 0 Å². The number of aliphatic imine (C=N–C) groups is 1. The third kappa shape index (κ3) is 1.94. The van der Waals surface area contributed by atoms with E-state index < -0.39 is 0 Å². The van der Waals surface area contributed by atoms with Gasteiger partial charge in [0.15, 0.2) is 0 Å². The molecule has 2 nitrogen and oxygen atoms in total. The van der Waals surface area contributed by atoms with Crippen LogP contribution in [0.3, 0.4) is 0 Å². The summed E-state index contributed by atoms with van der Waals surface area (Å²) in [5, 5.41) is 4.45. The van der Waals surface area contributed by atoms with Crippen molar-refractivity contribution in [3.63, 3.8) is 0 Å². The Balaban J connectivity index is 2.21. The van der Waals surface area contributed by atoms with Crippen LogP contribution < -0.4 is 0 Å². The maximum atomic E-state index is 4.53. The number of aryl methyl sites for hydroxylation is 1. The normalized spacial score (nSPS) is 22.0. The summed E-state index contributed by atoms with van der Waals surface area (Å²) >= 11 is 3.55. The van der Waals surface area contributed by atoms with Gasteiger partial charge in [0.25, 0.3) is 0 Å². The van der Waals surface area contributed by atoms with Gasteiger partial charge in [-0.1, -0.05) is 6.92 Å². The van der Waals surface area contributed by atoms with Crippen molar-refractivity contribution in [3.05, 3.63) is 16.1 Å². The summed E-state index contributed by atoms with van der Waals surface area (Å²) in [5.74, 6) is 1.11. The number of nitrogens with zero attached hydrogens (tertiary/aromatic N) is 2. The lowest BCUT2D eigenvalue weighted by Crippen LogP contribution is -1.93. The molecule has 0 amide bonds. The van der Waals surface area contributed by atoms with E-state index >= 15 is 0 Å². The first-order chi connectivity index (χ1) is 6.29. The summed E-state index contributed by atoms with van der Waals surface area (Å²) in [6.07, 6.45) is 1.03. The van der Waals surface area contributed by atoms with E-state index in [1.807, 2.05) is 11.8 Å². The van der Waals surface area contributed by atoms with Gasteiger partial charge in [-0.3, -0.25) is 4.99 Å². The Morgan fingerprint density at radius 3 is 3.00 bits per heavy atom. The van der Waals surface area contributed by atoms with E-state index in [0.29, 0.717) is 6.04 Å². The Morgan fingerprint density at radius 2 is 2.46 bits per heavy atom. The van der Waals surface area contributed by atoms with Crippen LogP contribution in [0.2, 0.25) is 0 Å². The number of hydrogen-bond acceptors (Lipinski definition) is 4. The lowest BCUT2D eigenvalue weighted by Gasteiger charge is -1.90. The summed E-state index contributed by atoms with van der Waals surface area (Å²) in [6, 6.07) is 0.465. The third-order valence-electron chi connectivity index (χ3n) is 1.87. The summed E-state index contributed by atoms with van der Waals surface area (Å²) in [7, 11) is 0. The van der Waals surface area contributed by atoms with Gasteiger partial charge in [-0.05, 0) is 13.3 Å². The Hall–Kier alpha value is -0.350. The summed E-state index contributed by atoms with van der Waals surface area (Å²) in [6.45, 7) is 4.28.